The number of carbonyl (C=O) groups is 1. The average Bonchev–Trinajstić information content (AvgIpc) is 3.26. The summed E-state index contributed by atoms with van der Waals surface area (Å²) in [4.78, 5) is 32.8. The first-order valence-corrected chi connectivity index (χ1v) is 8.01. The second kappa shape index (κ2) is 5.87. The van der Waals surface area contributed by atoms with Crippen LogP contribution in [-0.2, 0) is 0 Å². The number of hydrogen-bond donors (Lipinski definition) is 1. The fourth-order valence-electron chi connectivity index (χ4n) is 3.24. The van der Waals surface area contributed by atoms with Gasteiger partial charge in [-0.05, 0) is 38.0 Å². The minimum atomic E-state index is -0.893. The first kappa shape index (κ1) is 15.6. The standard InChI is InChI=1S/C17H16FN3O4/c1-9-14(18)16(22)20-15(19-9)11-3-2-6-21(11)17(23)10-4-5-12-13(7-10)25-8-24-12/h4-5,7,11H,2-3,6,8H2,1H3,(H,19,20,22)/t11-/m1/s1. The average molecular weight is 345 g/mol. The third kappa shape index (κ3) is 2.63. The Labute approximate surface area is 142 Å². The van der Waals surface area contributed by atoms with Crippen LogP contribution in [-0.4, -0.2) is 34.1 Å². The van der Waals surface area contributed by atoms with E-state index in [1.807, 2.05) is 0 Å². The first-order chi connectivity index (χ1) is 12.0. The number of halogens is 1. The lowest BCUT2D eigenvalue weighted by Gasteiger charge is -2.24. The molecule has 0 bridgehead atoms. The van der Waals surface area contributed by atoms with Gasteiger partial charge in [-0.3, -0.25) is 9.59 Å². The molecule has 0 spiro atoms. The van der Waals surface area contributed by atoms with Crippen LogP contribution in [0, 0.1) is 12.7 Å². The predicted molar refractivity (Wildman–Crippen MR) is 85.1 cm³/mol. The van der Waals surface area contributed by atoms with Crippen LogP contribution in [0.1, 0.15) is 40.8 Å². The van der Waals surface area contributed by atoms with E-state index in [4.69, 9.17) is 9.47 Å². The highest BCUT2D eigenvalue weighted by molar-refractivity contribution is 5.95. The molecule has 0 unspecified atom stereocenters. The molecule has 7 nitrogen and oxygen atoms in total. The molecule has 0 aliphatic carbocycles. The van der Waals surface area contributed by atoms with Gasteiger partial charge in [-0.25, -0.2) is 4.98 Å². The zero-order chi connectivity index (χ0) is 17.6. The number of hydrogen-bond acceptors (Lipinski definition) is 5. The quantitative estimate of drug-likeness (QED) is 0.899. The van der Waals surface area contributed by atoms with Crippen LogP contribution in [0.25, 0.3) is 0 Å². The molecule has 1 N–H and O–H groups in total. The Morgan fingerprint density at radius 3 is 2.96 bits per heavy atom. The number of H-pyrrole nitrogens is 1. The summed E-state index contributed by atoms with van der Waals surface area (Å²) in [6.07, 6.45) is 1.44. The van der Waals surface area contributed by atoms with Crippen molar-refractivity contribution in [2.45, 2.75) is 25.8 Å². The fourth-order valence-corrected chi connectivity index (χ4v) is 3.24. The molecule has 0 radical (unpaired) electrons. The minimum absolute atomic E-state index is 0.0288. The summed E-state index contributed by atoms with van der Waals surface area (Å²) in [5, 5.41) is 0. The Hall–Kier alpha value is -2.90. The molecule has 2 aliphatic heterocycles. The maximum absolute atomic E-state index is 13.5. The number of likely N-dealkylation sites (tertiary alicyclic amines) is 1. The van der Waals surface area contributed by atoms with E-state index in [9.17, 15) is 14.0 Å². The van der Waals surface area contributed by atoms with Crippen LogP contribution in [0.5, 0.6) is 11.5 Å². The van der Waals surface area contributed by atoms with Crippen molar-refractivity contribution in [1.29, 1.82) is 0 Å². The van der Waals surface area contributed by atoms with Crippen LogP contribution in [0.4, 0.5) is 4.39 Å². The van der Waals surface area contributed by atoms with Crippen LogP contribution in [0.15, 0.2) is 23.0 Å². The molecule has 1 atom stereocenters. The number of aryl methyl sites for hydroxylation is 1. The zero-order valence-corrected chi connectivity index (χ0v) is 13.5. The summed E-state index contributed by atoms with van der Waals surface area (Å²) in [6, 6.07) is 4.64. The highest BCUT2D eigenvalue weighted by Crippen LogP contribution is 2.35. The number of rotatable bonds is 2. The topological polar surface area (TPSA) is 84.5 Å². The van der Waals surface area contributed by atoms with Crippen molar-refractivity contribution in [3.05, 3.63) is 51.5 Å². The Morgan fingerprint density at radius 2 is 2.16 bits per heavy atom. The Balaban J connectivity index is 1.65. The number of amides is 1. The largest absolute Gasteiger partial charge is 0.454 e. The van der Waals surface area contributed by atoms with Gasteiger partial charge in [-0.15, -0.1) is 0 Å². The number of ether oxygens (including phenoxy) is 2. The SMILES string of the molecule is Cc1nc([C@H]2CCCN2C(=O)c2ccc3c(c2)OCO3)[nH]c(=O)c1F. The first-order valence-electron chi connectivity index (χ1n) is 8.01. The second-order valence-corrected chi connectivity index (χ2v) is 6.08. The van der Waals surface area contributed by atoms with Gasteiger partial charge in [-0.2, -0.15) is 4.39 Å². The summed E-state index contributed by atoms with van der Waals surface area (Å²) in [5.41, 5.74) is -0.316. The van der Waals surface area contributed by atoms with Crippen molar-refractivity contribution in [2.24, 2.45) is 0 Å². The maximum atomic E-state index is 13.5. The lowest BCUT2D eigenvalue weighted by molar-refractivity contribution is 0.0729. The van der Waals surface area contributed by atoms with Gasteiger partial charge in [0.05, 0.1) is 11.7 Å². The number of aromatic nitrogens is 2. The molecule has 1 aromatic heterocycles. The summed E-state index contributed by atoms with van der Waals surface area (Å²) in [6.45, 7) is 2.12. The molecule has 1 saturated heterocycles. The number of nitrogens with one attached hydrogen (secondary N) is 1. The summed E-state index contributed by atoms with van der Waals surface area (Å²) < 4.78 is 24.1. The van der Waals surface area contributed by atoms with E-state index in [0.717, 1.165) is 6.42 Å². The van der Waals surface area contributed by atoms with Gasteiger partial charge in [0.25, 0.3) is 11.5 Å². The van der Waals surface area contributed by atoms with E-state index in [2.05, 4.69) is 9.97 Å². The lowest BCUT2D eigenvalue weighted by atomic mass is 10.1. The molecule has 2 aromatic rings. The third-order valence-corrected chi connectivity index (χ3v) is 4.50. The smallest absolute Gasteiger partial charge is 0.287 e. The van der Waals surface area contributed by atoms with Crippen molar-refractivity contribution in [3.8, 4) is 11.5 Å². The van der Waals surface area contributed by atoms with Crippen molar-refractivity contribution in [1.82, 2.24) is 14.9 Å². The van der Waals surface area contributed by atoms with E-state index >= 15 is 0 Å². The molecule has 3 heterocycles. The number of aromatic amines is 1. The Bertz CT molecular complexity index is 911. The third-order valence-electron chi connectivity index (χ3n) is 4.50. The van der Waals surface area contributed by atoms with E-state index < -0.39 is 11.4 Å². The van der Waals surface area contributed by atoms with Crippen molar-refractivity contribution < 1.29 is 18.7 Å². The van der Waals surface area contributed by atoms with Crippen LogP contribution >= 0.6 is 0 Å². The second-order valence-electron chi connectivity index (χ2n) is 6.08. The molecule has 0 saturated carbocycles. The molecule has 25 heavy (non-hydrogen) atoms. The number of carbonyl (C=O) groups excluding carboxylic acids is 1. The number of benzene rings is 1. The molecule has 1 amide bonds. The monoisotopic (exact) mass is 345 g/mol. The lowest BCUT2D eigenvalue weighted by Crippen LogP contribution is -2.33. The van der Waals surface area contributed by atoms with Gasteiger partial charge in [0.1, 0.15) is 5.82 Å². The van der Waals surface area contributed by atoms with Gasteiger partial charge in [0.2, 0.25) is 12.6 Å². The molecule has 1 fully saturated rings. The van der Waals surface area contributed by atoms with Gasteiger partial charge in [0.15, 0.2) is 11.5 Å². The molecule has 1 aromatic carbocycles. The van der Waals surface area contributed by atoms with Gasteiger partial charge in [-0.1, -0.05) is 0 Å². The normalized spacial score (nSPS) is 18.6. The van der Waals surface area contributed by atoms with Crippen LogP contribution in [0.3, 0.4) is 0 Å². The van der Waals surface area contributed by atoms with Crippen molar-refractivity contribution in [3.63, 3.8) is 0 Å². The van der Waals surface area contributed by atoms with E-state index in [0.29, 0.717) is 35.9 Å². The number of nitrogens with zero attached hydrogens (tertiary/aromatic N) is 2. The van der Waals surface area contributed by atoms with E-state index in [-0.39, 0.29) is 24.4 Å². The molecular formula is C17H16FN3O4. The molecule has 2 aliphatic rings. The summed E-state index contributed by atoms with van der Waals surface area (Å²) in [5.74, 6) is 0.372. The highest BCUT2D eigenvalue weighted by atomic mass is 19.1. The van der Waals surface area contributed by atoms with Gasteiger partial charge in [0, 0.05) is 12.1 Å². The zero-order valence-electron chi connectivity index (χ0n) is 13.5. The molecule has 130 valence electrons. The summed E-state index contributed by atoms with van der Waals surface area (Å²) >= 11 is 0. The van der Waals surface area contributed by atoms with E-state index in [1.165, 1.54) is 6.92 Å². The van der Waals surface area contributed by atoms with Crippen LogP contribution < -0.4 is 15.0 Å². The Kier molecular flexibility index (Phi) is 3.67. The molecule has 8 heteroatoms. The Morgan fingerprint density at radius 1 is 1.36 bits per heavy atom. The van der Waals surface area contributed by atoms with E-state index in [1.54, 1.807) is 23.1 Å². The predicted octanol–water partition coefficient (Wildman–Crippen LogP) is 1.92. The van der Waals surface area contributed by atoms with Crippen molar-refractivity contribution in [2.75, 3.05) is 13.3 Å². The summed E-state index contributed by atoms with van der Waals surface area (Å²) in [7, 11) is 0. The van der Waals surface area contributed by atoms with Crippen LogP contribution in [0.2, 0.25) is 0 Å². The number of fused-ring (bicyclic) bond motifs is 1. The molecular weight excluding hydrogens is 329 g/mol. The fraction of sp³-hybridized carbons (Fsp3) is 0.353. The minimum Gasteiger partial charge on any atom is -0.454 e. The van der Waals surface area contributed by atoms with Gasteiger partial charge < -0.3 is 19.4 Å². The van der Waals surface area contributed by atoms with Crippen molar-refractivity contribution >= 4 is 5.91 Å². The van der Waals surface area contributed by atoms with Gasteiger partial charge >= 0.3 is 0 Å². The maximum Gasteiger partial charge on any atom is 0.287 e. The molecule has 4 rings (SSSR count). The highest BCUT2D eigenvalue weighted by Gasteiger charge is 2.33.